The first-order valence-corrected chi connectivity index (χ1v) is 9.36. The number of aromatic nitrogens is 4. The van der Waals surface area contributed by atoms with Crippen LogP contribution in [0.4, 0.5) is 0 Å². The standard InChI is InChI=1S/C20H25N5O/c1-3-25-19(22-23(2)20(25)26)16-8-6-12-24(13-16)14-17-11-10-15-7-4-5-9-18(15)21-17/h4-5,7,9-11,16H,3,6,8,12-14H2,1-2H3/t16-/m0/s1. The van der Waals surface area contributed by atoms with Crippen LogP contribution in [0.5, 0.6) is 0 Å². The number of piperidine rings is 1. The van der Waals surface area contributed by atoms with Gasteiger partial charge in [0.15, 0.2) is 0 Å². The molecule has 26 heavy (non-hydrogen) atoms. The van der Waals surface area contributed by atoms with Crippen molar-refractivity contribution >= 4 is 10.9 Å². The van der Waals surface area contributed by atoms with Gasteiger partial charge in [-0.05, 0) is 38.4 Å². The highest BCUT2D eigenvalue weighted by molar-refractivity contribution is 5.78. The minimum atomic E-state index is -0.0178. The zero-order valence-corrected chi connectivity index (χ0v) is 15.4. The van der Waals surface area contributed by atoms with Crippen LogP contribution in [0.3, 0.4) is 0 Å². The van der Waals surface area contributed by atoms with Crippen molar-refractivity contribution in [1.82, 2.24) is 24.2 Å². The number of likely N-dealkylation sites (tertiary alicyclic amines) is 1. The van der Waals surface area contributed by atoms with Gasteiger partial charge in [0.1, 0.15) is 5.82 Å². The predicted molar refractivity (Wildman–Crippen MR) is 102 cm³/mol. The summed E-state index contributed by atoms with van der Waals surface area (Å²) < 4.78 is 3.27. The summed E-state index contributed by atoms with van der Waals surface area (Å²) in [6.45, 7) is 5.50. The van der Waals surface area contributed by atoms with Crippen molar-refractivity contribution in [3.05, 3.63) is 58.4 Å². The number of nitrogens with zero attached hydrogens (tertiary/aromatic N) is 5. The Bertz CT molecular complexity index is 974. The fraction of sp³-hybridized carbons (Fsp3) is 0.450. The van der Waals surface area contributed by atoms with Gasteiger partial charge in [-0.1, -0.05) is 24.3 Å². The van der Waals surface area contributed by atoms with Crippen LogP contribution in [0.25, 0.3) is 10.9 Å². The lowest BCUT2D eigenvalue weighted by Gasteiger charge is -2.32. The van der Waals surface area contributed by atoms with Gasteiger partial charge < -0.3 is 0 Å². The van der Waals surface area contributed by atoms with Crippen LogP contribution in [0.1, 0.15) is 37.2 Å². The quantitative estimate of drug-likeness (QED) is 0.725. The van der Waals surface area contributed by atoms with Gasteiger partial charge in [0, 0.05) is 38.0 Å². The van der Waals surface area contributed by atoms with Gasteiger partial charge in [-0.15, -0.1) is 0 Å². The van der Waals surface area contributed by atoms with Gasteiger partial charge in [-0.2, -0.15) is 5.10 Å². The van der Waals surface area contributed by atoms with Gasteiger partial charge in [-0.25, -0.2) is 9.48 Å². The highest BCUT2D eigenvalue weighted by Crippen LogP contribution is 2.26. The fourth-order valence-corrected chi connectivity index (χ4v) is 3.96. The third-order valence-corrected chi connectivity index (χ3v) is 5.27. The van der Waals surface area contributed by atoms with Crippen LogP contribution >= 0.6 is 0 Å². The van der Waals surface area contributed by atoms with Crippen LogP contribution in [-0.4, -0.2) is 37.3 Å². The van der Waals surface area contributed by atoms with E-state index >= 15 is 0 Å². The molecule has 1 aliphatic rings. The summed E-state index contributed by atoms with van der Waals surface area (Å²) in [6.07, 6.45) is 2.20. The average Bonchev–Trinajstić information content (AvgIpc) is 2.96. The molecule has 0 aliphatic carbocycles. The summed E-state index contributed by atoms with van der Waals surface area (Å²) in [5.74, 6) is 1.23. The molecule has 1 aliphatic heterocycles. The van der Waals surface area contributed by atoms with E-state index in [9.17, 15) is 4.79 Å². The van der Waals surface area contributed by atoms with E-state index < -0.39 is 0 Å². The van der Waals surface area contributed by atoms with Crippen molar-refractivity contribution in [2.24, 2.45) is 7.05 Å². The van der Waals surface area contributed by atoms with E-state index in [4.69, 9.17) is 4.98 Å². The smallest absolute Gasteiger partial charge is 0.297 e. The molecule has 0 N–H and O–H groups in total. The molecular weight excluding hydrogens is 326 g/mol. The zero-order valence-electron chi connectivity index (χ0n) is 15.4. The second-order valence-electron chi connectivity index (χ2n) is 7.08. The maximum atomic E-state index is 12.2. The van der Waals surface area contributed by atoms with Crippen LogP contribution in [0, 0.1) is 0 Å². The molecule has 0 unspecified atom stereocenters. The van der Waals surface area contributed by atoms with Crippen LogP contribution in [0.2, 0.25) is 0 Å². The van der Waals surface area contributed by atoms with E-state index in [0.717, 1.165) is 49.5 Å². The molecule has 3 aromatic rings. The molecule has 1 atom stereocenters. The fourth-order valence-electron chi connectivity index (χ4n) is 3.96. The third-order valence-electron chi connectivity index (χ3n) is 5.27. The summed E-state index contributed by atoms with van der Waals surface area (Å²) in [5.41, 5.74) is 2.12. The topological polar surface area (TPSA) is 56.0 Å². The van der Waals surface area contributed by atoms with Gasteiger partial charge >= 0.3 is 5.69 Å². The number of benzene rings is 1. The van der Waals surface area contributed by atoms with Crippen molar-refractivity contribution in [3.8, 4) is 0 Å². The largest absolute Gasteiger partial charge is 0.345 e. The first-order valence-electron chi connectivity index (χ1n) is 9.36. The van der Waals surface area contributed by atoms with Crippen LogP contribution in [-0.2, 0) is 20.1 Å². The summed E-state index contributed by atoms with van der Waals surface area (Å²) >= 11 is 0. The number of hydrogen-bond acceptors (Lipinski definition) is 4. The number of pyridine rings is 1. The number of rotatable bonds is 4. The van der Waals surface area contributed by atoms with E-state index in [2.05, 4.69) is 34.3 Å². The van der Waals surface area contributed by atoms with E-state index in [0.29, 0.717) is 12.5 Å². The highest BCUT2D eigenvalue weighted by atomic mass is 16.2. The monoisotopic (exact) mass is 351 g/mol. The number of aryl methyl sites for hydroxylation is 1. The zero-order chi connectivity index (χ0) is 18.1. The molecule has 3 heterocycles. The molecule has 0 spiro atoms. The molecule has 6 heteroatoms. The van der Waals surface area contributed by atoms with Crippen molar-refractivity contribution in [2.75, 3.05) is 13.1 Å². The van der Waals surface area contributed by atoms with Gasteiger partial charge in [-0.3, -0.25) is 14.5 Å². The second-order valence-corrected chi connectivity index (χ2v) is 7.08. The Morgan fingerprint density at radius 2 is 2.04 bits per heavy atom. The van der Waals surface area contributed by atoms with Gasteiger partial charge in [0.25, 0.3) is 0 Å². The number of fused-ring (bicyclic) bond motifs is 1. The Balaban J connectivity index is 1.53. The molecule has 136 valence electrons. The molecule has 6 nitrogen and oxygen atoms in total. The minimum absolute atomic E-state index is 0.0178. The number of hydrogen-bond donors (Lipinski definition) is 0. The van der Waals surface area contributed by atoms with Crippen molar-refractivity contribution in [3.63, 3.8) is 0 Å². The maximum absolute atomic E-state index is 12.2. The summed E-state index contributed by atoms with van der Waals surface area (Å²) in [7, 11) is 1.73. The molecule has 1 aromatic carbocycles. The third kappa shape index (κ3) is 3.17. The molecule has 0 radical (unpaired) electrons. The summed E-state index contributed by atoms with van der Waals surface area (Å²) in [5, 5.41) is 5.69. The molecule has 0 amide bonds. The second kappa shape index (κ2) is 7.03. The lowest BCUT2D eigenvalue weighted by Crippen LogP contribution is -2.35. The van der Waals surface area contributed by atoms with Crippen molar-refractivity contribution in [1.29, 1.82) is 0 Å². The molecule has 1 saturated heterocycles. The molecule has 4 rings (SSSR count). The van der Waals surface area contributed by atoms with E-state index in [1.165, 1.54) is 10.1 Å². The Hall–Kier alpha value is -2.47. The number of para-hydroxylation sites is 1. The van der Waals surface area contributed by atoms with Crippen LogP contribution < -0.4 is 5.69 Å². The first kappa shape index (κ1) is 17.0. The summed E-state index contributed by atoms with van der Waals surface area (Å²) in [4.78, 5) is 19.4. The normalized spacial score (nSPS) is 18.5. The van der Waals surface area contributed by atoms with E-state index in [-0.39, 0.29) is 5.69 Å². The minimum Gasteiger partial charge on any atom is -0.297 e. The van der Waals surface area contributed by atoms with E-state index in [1.807, 2.05) is 23.6 Å². The molecular formula is C20H25N5O. The lowest BCUT2D eigenvalue weighted by molar-refractivity contribution is 0.192. The van der Waals surface area contributed by atoms with Crippen molar-refractivity contribution < 1.29 is 0 Å². The summed E-state index contributed by atoms with van der Waals surface area (Å²) in [6, 6.07) is 12.5. The lowest BCUT2D eigenvalue weighted by atomic mass is 9.97. The average molecular weight is 351 g/mol. The van der Waals surface area contributed by atoms with E-state index in [1.54, 1.807) is 7.05 Å². The Labute approximate surface area is 153 Å². The molecule has 2 aromatic heterocycles. The Kier molecular flexibility index (Phi) is 4.59. The van der Waals surface area contributed by atoms with Crippen LogP contribution in [0.15, 0.2) is 41.2 Å². The Morgan fingerprint density at radius 3 is 2.88 bits per heavy atom. The highest BCUT2D eigenvalue weighted by Gasteiger charge is 2.26. The van der Waals surface area contributed by atoms with Crippen molar-refractivity contribution in [2.45, 2.75) is 38.8 Å². The molecule has 0 saturated carbocycles. The SMILES string of the molecule is CCn1c([C@H]2CCCN(Cc3ccc4ccccc4n3)C2)nn(C)c1=O. The maximum Gasteiger partial charge on any atom is 0.345 e. The predicted octanol–water partition coefficient (Wildman–Crippen LogP) is 2.53. The van der Waals surface area contributed by atoms with Gasteiger partial charge in [0.2, 0.25) is 0 Å². The molecule has 0 bridgehead atoms. The Morgan fingerprint density at radius 1 is 1.19 bits per heavy atom. The molecule has 1 fully saturated rings. The first-order chi connectivity index (χ1) is 12.7. The van der Waals surface area contributed by atoms with Gasteiger partial charge in [0.05, 0.1) is 11.2 Å².